The van der Waals surface area contributed by atoms with Gasteiger partial charge in [0.2, 0.25) is 0 Å². The van der Waals surface area contributed by atoms with Crippen LogP contribution in [-0.4, -0.2) is 24.2 Å². The minimum absolute atomic E-state index is 0.269. The number of hydrogen-bond acceptors (Lipinski definition) is 3. The van der Waals surface area contributed by atoms with Crippen LogP contribution in [-0.2, 0) is 4.79 Å². The molecule has 0 aromatic carbocycles. The zero-order valence-corrected chi connectivity index (χ0v) is 5.83. The average Bonchev–Trinajstić information content (AvgIpc) is 2.19. The maximum Gasteiger partial charge on any atom is 0.268 e. The molecule has 0 bridgehead atoms. The van der Waals surface area contributed by atoms with Crippen LogP contribution in [0, 0.1) is 16.7 Å². The van der Waals surface area contributed by atoms with Crippen LogP contribution >= 0.6 is 0 Å². The molecule has 0 radical (unpaired) electrons. The monoisotopic (exact) mass is 137 g/mol. The molecule has 1 unspecified atom stereocenters. The number of rotatable bonds is 0. The third-order valence-corrected chi connectivity index (χ3v) is 1.46. The lowest BCUT2D eigenvalue weighted by molar-refractivity contribution is -0.132. The molecular formula is C6H7N3O. The van der Waals surface area contributed by atoms with Gasteiger partial charge >= 0.3 is 0 Å². The highest BCUT2D eigenvalue weighted by atomic mass is 16.2. The summed E-state index contributed by atoms with van der Waals surface area (Å²) in [7, 11) is 1.53. The minimum atomic E-state index is -1.03. The Morgan fingerprint density at radius 2 is 2.50 bits per heavy atom. The van der Waals surface area contributed by atoms with E-state index in [0.717, 1.165) is 0 Å². The molecule has 0 fully saturated rings. The van der Waals surface area contributed by atoms with Gasteiger partial charge in [-0.15, -0.1) is 0 Å². The fourth-order valence-electron chi connectivity index (χ4n) is 0.723. The van der Waals surface area contributed by atoms with Crippen molar-refractivity contribution in [2.45, 2.75) is 6.92 Å². The van der Waals surface area contributed by atoms with Gasteiger partial charge in [-0.3, -0.25) is 4.79 Å². The molecule has 0 aromatic heterocycles. The van der Waals surface area contributed by atoms with Gasteiger partial charge in [0.15, 0.2) is 5.41 Å². The van der Waals surface area contributed by atoms with Gasteiger partial charge in [-0.2, -0.15) is 10.4 Å². The largest absolute Gasteiger partial charge is 0.271 e. The fourth-order valence-corrected chi connectivity index (χ4v) is 0.723. The van der Waals surface area contributed by atoms with E-state index in [1.54, 1.807) is 6.92 Å². The molecule has 0 aliphatic carbocycles. The highest BCUT2D eigenvalue weighted by Gasteiger charge is 2.38. The van der Waals surface area contributed by atoms with Crippen molar-refractivity contribution < 1.29 is 4.79 Å². The molecule has 10 heavy (non-hydrogen) atoms. The van der Waals surface area contributed by atoms with E-state index in [2.05, 4.69) is 5.10 Å². The minimum Gasteiger partial charge on any atom is -0.271 e. The van der Waals surface area contributed by atoms with Crippen molar-refractivity contribution in [2.75, 3.05) is 7.05 Å². The van der Waals surface area contributed by atoms with E-state index in [1.807, 2.05) is 6.07 Å². The van der Waals surface area contributed by atoms with Crippen molar-refractivity contribution in [3.8, 4) is 6.07 Å². The molecule has 0 saturated carbocycles. The molecule has 1 amide bonds. The topological polar surface area (TPSA) is 56.5 Å². The van der Waals surface area contributed by atoms with Crippen molar-refractivity contribution in [3.63, 3.8) is 0 Å². The highest BCUT2D eigenvalue weighted by molar-refractivity contribution is 6.04. The molecule has 1 heterocycles. The normalized spacial score (nSPS) is 30.9. The van der Waals surface area contributed by atoms with Crippen molar-refractivity contribution in [1.29, 1.82) is 5.26 Å². The SMILES string of the molecule is CN1N=CC(C)(C#N)C1=O. The molecule has 0 N–H and O–H groups in total. The molecule has 0 saturated heterocycles. The summed E-state index contributed by atoms with van der Waals surface area (Å²) >= 11 is 0. The summed E-state index contributed by atoms with van der Waals surface area (Å²) in [5.41, 5.74) is -1.03. The second kappa shape index (κ2) is 1.81. The molecule has 1 rings (SSSR count). The van der Waals surface area contributed by atoms with Crippen molar-refractivity contribution in [1.82, 2.24) is 5.01 Å². The molecule has 4 nitrogen and oxygen atoms in total. The summed E-state index contributed by atoms with van der Waals surface area (Å²) in [6.07, 6.45) is 1.36. The first-order chi connectivity index (χ1) is 4.60. The van der Waals surface area contributed by atoms with Crippen molar-refractivity contribution in [2.24, 2.45) is 10.5 Å². The molecule has 0 aromatic rings. The van der Waals surface area contributed by atoms with Crippen molar-refractivity contribution >= 4 is 12.1 Å². The number of carbonyl (C=O) groups is 1. The van der Waals surface area contributed by atoms with E-state index >= 15 is 0 Å². The smallest absolute Gasteiger partial charge is 0.268 e. The van der Waals surface area contributed by atoms with Gasteiger partial charge < -0.3 is 0 Å². The summed E-state index contributed by atoms with van der Waals surface area (Å²) < 4.78 is 0. The first-order valence-corrected chi connectivity index (χ1v) is 2.85. The summed E-state index contributed by atoms with van der Waals surface area (Å²) in [5, 5.41) is 13.4. The molecule has 1 atom stereocenters. The second-order valence-corrected chi connectivity index (χ2v) is 2.39. The Morgan fingerprint density at radius 3 is 2.70 bits per heavy atom. The van der Waals surface area contributed by atoms with Crippen LogP contribution < -0.4 is 0 Å². The van der Waals surface area contributed by atoms with Gasteiger partial charge in [0.05, 0.1) is 12.3 Å². The van der Waals surface area contributed by atoms with E-state index < -0.39 is 5.41 Å². The maximum absolute atomic E-state index is 11.0. The summed E-state index contributed by atoms with van der Waals surface area (Å²) in [6.45, 7) is 1.54. The average molecular weight is 137 g/mol. The first-order valence-electron chi connectivity index (χ1n) is 2.85. The predicted octanol–water partition coefficient (Wildman–Crippen LogP) is -0.0259. The van der Waals surface area contributed by atoms with Crippen LogP contribution in [0.3, 0.4) is 0 Å². The molecule has 52 valence electrons. The first kappa shape index (κ1) is 6.75. The Balaban J connectivity index is 2.98. The zero-order chi connectivity index (χ0) is 7.78. The van der Waals surface area contributed by atoms with Gasteiger partial charge in [-0.25, -0.2) is 5.01 Å². The summed E-state index contributed by atoms with van der Waals surface area (Å²) in [6, 6.07) is 1.88. The van der Waals surface area contributed by atoms with Crippen molar-refractivity contribution in [3.05, 3.63) is 0 Å². The van der Waals surface area contributed by atoms with Gasteiger partial charge in [-0.1, -0.05) is 0 Å². The lowest BCUT2D eigenvalue weighted by atomic mass is 9.95. The lowest BCUT2D eigenvalue weighted by Gasteiger charge is -2.09. The molecule has 0 spiro atoms. The third kappa shape index (κ3) is 0.676. The number of amides is 1. The van der Waals surface area contributed by atoms with Gasteiger partial charge in [-0.05, 0) is 6.92 Å². The van der Waals surface area contributed by atoms with E-state index in [-0.39, 0.29) is 5.91 Å². The van der Waals surface area contributed by atoms with Gasteiger partial charge in [0, 0.05) is 7.05 Å². The fraction of sp³-hybridized carbons (Fsp3) is 0.500. The Labute approximate surface area is 58.7 Å². The quantitative estimate of drug-likeness (QED) is 0.471. The zero-order valence-electron chi connectivity index (χ0n) is 5.83. The van der Waals surface area contributed by atoms with Crippen LogP contribution in [0.1, 0.15) is 6.92 Å². The third-order valence-electron chi connectivity index (χ3n) is 1.46. The van der Waals surface area contributed by atoms with Crippen LogP contribution in [0.25, 0.3) is 0 Å². The Kier molecular flexibility index (Phi) is 1.22. The summed E-state index contributed by atoms with van der Waals surface area (Å²) in [4.78, 5) is 11.0. The van der Waals surface area contributed by atoms with Gasteiger partial charge in [0.1, 0.15) is 0 Å². The lowest BCUT2D eigenvalue weighted by Crippen LogP contribution is -2.30. The predicted molar refractivity (Wildman–Crippen MR) is 35.0 cm³/mol. The standard InChI is InChI=1S/C6H7N3O/c1-6(3-7)4-8-9(2)5(6)10/h4H,1-2H3. The molecule has 1 aliphatic rings. The molecular weight excluding hydrogens is 130 g/mol. The van der Waals surface area contributed by atoms with E-state index in [9.17, 15) is 4.79 Å². The van der Waals surface area contributed by atoms with Gasteiger partial charge in [0.25, 0.3) is 5.91 Å². The molecule has 4 heteroatoms. The number of hydrazone groups is 1. The number of nitrogens with zero attached hydrogens (tertiary/aromatic N) is 3. The molecule has 1 aliphatic heterocycles. The Morgan fingerprint density at radius 1 is 1.90 bits per heavy atom. The van der Waals surface area contributed by atoms with E-state index in [1.165, 1.54) is 18.3 Å². The van der Waals surface area contributed by atoms with E-state index in [0.29, 0.717) is 0 Å². The van der Waals surface area contributed by atoms with Crippen LogP contribution in [0.5, 0.6) is 0 Å². The Hall–Kier alpha value is -1.37. The second-order valence-electron chi connectivity index (χ2n) is 2.39. The van der Waals surface area contributed by atoms with Crippen LogP contribution in [0.15, 0.2) is 5.10 Å². The highest BCUT2D eigenvalue weighted by Crippen LogP contribution is 2.20. The number of carbonyl (C=O) groups excluding carboxylic acids is 1. The summed E-state index contributed by atoms with van der Waals surface area (Å²) in [5.74, 6) is -0.269. The van der Waals surface area contributed by atoms with Crippen LogP contribution in [0.4, 0.5) is 0 Å². The number of hydrogen-bond donors (Lipinski definition) is 0. The van der Waals surface area contributed by atoms with Crippen LogP contribution in [0.2, 0.25) is 0 Å². The van der Waals surface area contributed by atoms with E-state index in [4.69, 9.17) is 5.26 Å². The Bertz CT molecular complexity index is 240. The number of nitriles is 1. The maximum atomic E-state index is 11.0.